The number of hydrazone groups is 1. The summed E-state index contributed by atoms with van der Waals surface area (Å²) in [5.74, 6) is 0. The molecule has 0 radical (unpaired) electrons. The number of benzene rings is 1. The van der Waals surface area contributed by atoms with Gasteiger partial charge in [0.1, 0.15) is 0 Å². The van der Waals surface area contributed by atoms with Gasteiger partial charge in [0.05, 0.1) is 0 Å². The average Bonchev–Trinajstić information content (AvgIpc) is 2.19. The monoisotopic (exact) mass is 269 g/mol. The smallest absolute Gasteiger partial charge is 0.191 e. The SMILES string of the molecule is CC(C)(C)/C=N/NC(=S)Nc1ccc(Cl)cc1. The molecule has 0 bridgehead atoms. The fourth-order valence-corrected chi connectivity index (χ4v) is 1.27. The Labute approximate surface area is 112 Å². The Morgan fingerprint density at radius 1 is 1.29 bits per heavy atom. The van der Waals surface area contributed by atoms with Crippen LogP contribution in [0.5, 0.6) is 0 Å². The van der Waals surface area contributed by atoms with E-state index in [1.54, 1.807) is 12.1 Å². The molecule has 2 N–H and O–H groups in total. The van der Waals surface area contributed by atoms with Gasteiger partial charge in [-0.15, -0.1) is 0 Å². The fourth-order valence-electron chi connectivity index (χ4n) is 0.977. The summed E-state index contributed by atoms with van der Waals surface area (Å²) in [5.41, 5.74) is 3.66. The molecule has 1 rings (SSSR count). The van der Waals surface area contributed by atoms with Crippen molar-refractivity contribution in [2.24, 2.45) is 10.5 Å². The molecule has 0 atom stereocenters. The molecule has 1 aromatic carbocycles. The van der Waals surface area contributed by atoms with Crippen molar-refractivity contribution in [2.75, 3.05) is 5.32 Å². The lowest BCUT2D eigenvalue weighted by Crippen LogP contribution is -2.24. The minimum Gasteiger partial charge on any atom is -0.331 e. The van der Waals surface area contributed by atoms with Gasteiger partial charge in [0.25, 0.3) is 0 Å². The molecule has 92 valence electrons. The molecule has 0 spiro atoms. The summed E-state index contributed by atoms with van der Waals surface area (Å²) in [6.45, 7) is 6.19. The largest absolute Gasteiger partial charge is 0.331 e. The Morgan fingerprint density at radius 3 is 2.41 bits per heavy atom. The van der Waals surface area contributed by atoms with E-state index in [2.05, 4.69) is 36.6 Å². The van der Waals surface area contributed by atoms with Crippen LogP contribution in [0.1, 0.15) is 20.8 Å². The lowest BCUT2D eigenvalue weighted by atomic mass is 9.99. The maximum atomic E-state index is 5.78. The quantitative estimate of drug-likeness (QED) is 0.489. The lowest BCUT2D eigenvalue weighted by Gasteiger charge is -2.11. The molecule has 3 nitrogen and oxygen atoms in total. The molecule has 0 heterocycles. The number of anilines is 1. The lowest BCUT2D eigenvalue weighted by molar-refractivity contribution is 0.603. The number of thiocarbonyl (C=S) groups is 1. The van der Waals surface area contributed by atoms with Crippen molar-refractivity contribution in [3.8, 4) is 0 Å². The van der Waals surface area contributed by atoms with Crippen molar-refractivity contribution in [1.29, 1.82) is 0 Å². The molecular weight excluding hydrogens is 254 g/mol. The van der Waals surface area contributed by atoms with Crippen LogP contribution in [-0.2, 0) is 0 Å². The van der Waals surface area contributed by atoms with E-state index in [4.69, 9.17) is 23.8 Å². The number of hydrogen-bond donors (Lipinski definition) is 2. The van der Waals surface area contributed by atoms with Crippen LogP contribution >= 0.6 is 23.8 Å². The van der Waals surface area contributed by atoms with Crippen molar-refractivity contribution >= 4 is 40.8 Å². The second kappa shape index (κ2) is 5.98. The van der Waals surface area contributed by atoms with Crippen LogP contribution in [-0.4, -0.2) is 11.3 Å². The molecule has 0 aliphatic carbocycles. The van der Waals surface area contributed by atoms with Gasteiger partial charge in [0.15, 0.2) is 5.11 Å². The van der Waals surface area contributed by atoms with E-state index in [0.717, 1.165) is 5.69 Å². The van der Waals surface area contributed by atoms with E-state index >= 15 is 0 Å². The molecule has 0 saturated carbocycles. The van der Waals surface area contributed by atoms with Gasteiger partial charge in [0, 0.05) is 16.9 Å². The van der Waals surface area contributed by atoms with E-state index in [1.165, 1.54) is 0 Å². The first-order valence-corrected chi connectivity index (χ1v) is 6.02. The standard InChI is InChI=1S/C12H16ClN3S/c1-12(2,3)8-14-16-11(17)15-10-6-4-9(13)5-7-10/h4-8H,1-3H3,(H2,15,16,17)/b14-8+. The van der Waals surface area contributed by atoms with Gasteiger partial charge in [-0.2, -0.15) is 5.10 Å². The first-order chi connectivity index (χ1) is 7.87. The highest BCUT2D eigenvalue weighted by Gasteiger charge is 2.04. The number of hydrogen-bond acceptors (Lipinski definition) is 2. The van der Waals surface area contributed by atoms with Gasteiger partial charge >= 0.3 is 0 Å². The number of nitrogens with one attached hydrogen (secondary N) is 2. The first-order valence-electron chi connectivity index (χ1n) is 5.23. The molecule has 0 saturated heterocycles. The van der Waals surface area contributed by atoms with E-state index < -0.39 is 0 Å². The fraction of sp³-hybridized carbons (Fsp3) is 0.333. The zero-order valence-electron chi connectivity index (χ0n) is 10.1. The molecule has 0 fully saturated rings. The average molecular weight is 270 g/mol. The molecule has 17 heavy (non-hydrogen) atoms. The first kappa shape index (κ1) is 13.9. The van der Waals surface area contributed by atoms with Crippen molar-refractivity contribution in [3.05, 3.63) is 29.3 Å². The summed E-state index contributed by atoms with van der Waals surface area (Å²) in [6.07, 6.45) is 1.81. The van der Waals surface area contributed by atoms with Crippen LogP contribution < -0.4 is 10.7 Å². The van der Waals surface area contributed by atoms with E-state index in [0.29, 0.717) is 10.1 Å². The predicted molar refractivity (Wildman–Crippen MR) is 78.8 cm³/mol. The third-order valence-electron chi connectivity index (χ3n) is 1.72. The van der Waals surface area contributed by atoms with Crippen molar-refractivity contribution in [3.63, 3.8) is 0 Å². The highest BCUT2D eigenvalue weighted by atomic mass is 35.5. The third kappa shape index (κ3) is 6.24. The maximum Gasteiger partial charge on any atom is 0.191 e. The zero-order chi connectivity index (χ0) is 12.9. The summed E-state index contributed by atoms with van der Waals surface area (Å²) in [5, 5.41) is 8.20. The van der Waals surface area contributed by atoms with Gasteiger partial charge in [0.2, 0.25) is 0 Å². The van der Waals surface area contributed by atoms with Crippen LogP contribution in [0.4, 0.5) is 5.69 Å². The summed E-state index contributed by atoms with van der Waals surface area (Å²) < 4.78 is 0. The molecule has 0 amide bonds. The minimum atomic E-state index is 0.0306. The Hall–Kier alpha value is -1.13. The van der Waals surface area contributed by atoms with E-state index in [-0.39, 0.29) is 5.41 Å². The van der Waals surface area contributed by atoms with Crippen LogP contribution in [0.15, 0.2) is 29.4 Å². The molecular formula is C12H16ClN3S. The van der Waals surface area contributed by atoms with Crippen LogP contribution in [0.25, 0.3) is 0 Å². The van der Waals surface area contributed by atoms with Crippen LogP contribution in [0, 0.1) is 5.41 Å². The Kier molecular flexibility index (Phi) is 4.90. The normalized spacial score (nSPS) is 11.5. The second-order valence-corrected chi connectivity index (χ2v) is 5.54. The zero-order valence-corrected chi connectivity index (χ0v) is 11.7. The van der Waals surface area contributed by atoms with Crippen molar-refractivity contribution < 1.29 is 0 Å². The van der Waals surface area contributed by atoms with Gasteiger partial charge in [-0.25, -0.2) is 0 Å². The molecule has 0 aliphatic heterocycles. The number of rotatable bonds is 2. The van der Waals surface area contributed by atoms with Gasteiger partial charge in [-0.05, 0) is 41.9 Å². The molecule has 5 heteroatoms. The topological polar surface area (TPSA) is 36.4 Å². The highest BCUT2D eigenvalue weighted by molar-refractivity contribution is 7.80. The van der Waals surface area contributed by atoms with Gasteiger partial charge < -0.3 is 5.32 Å². The third-order valence-corrected chi connectivity index (χ3v) is 2.17. The van der Waals surface area contributed by atoms with Crippen molar-refractivity contribution in [2.45, 2.75) is 20.8 Å². The van der Waals surface area contributed by atoms with Gasteiger partial charge in [-0.1, -0.05) is 32.4 Å². The Balaban J connectivity index is 2.45. The van der Waals surface area contributed by atoms with Crippen molar-refractivity contribution in [1.82, 2.24) is 5.43 Å². The molecule has 0 aromatic heterocycles. The van der Waals surface area contributed by atoms with Gasteiger partial charge in [-0.3, -0.25) is 5.43 Å². The predicted octanol–water partition coefficient (Wildman–Crippen LogP) is 3.66. The number of halogens is 1. The summed E-state index contributed by atoms with van der Waals surface area (Å²) >= 11 is 10.9. The Bertz CT molecular complexity index is 407. The minimum absolute atomic E-state index is 0.0306. The molecule has 0 unspecified atom stereocenters. The maximum absolute atomic E-state index is 5.78. The summed E-state index contributed by atoms with van der Waals surface area (Å²) in [7, 11) is 0. The Morgan fingerprint density at radius 2 is 1.88 bits per heavy atom. The van der Waals surface area contributed by atoms with E-state index in [9.17, 15) is 0 Å². The second-order valence-electron chi connectivity index (χ2n) is 4.70. The summed E-state index contributed by atoms with van der Waals surface area (Å²) in [6, 6.07) is 7.30. The van der Waals surface area contributed by atoms with Crippen LogP contribution in [0.2, 0.25) is 5.02 Å². The molecule has 1 aromatic rings. The van der Waals surface area contributed by atoms with E-state index in [1.807, 2.05) is 18.3 Å². The highest BCUT2D eigenvalue weighted by Crippen LogP contribution is 2.13. The molecule has 0 aliphatic rings. The number of nitrogens with zero attached hydrogens (tertiary/aromatic N) is 1. The summed E-state index contributed by atoms with van der Waals surface area (Å²) in [4.78, 5) is 0. The van der Waals surface area contributed by atoms with Crippen LogP contribution in [0.3, 0.4) is 0 Å².